The first-order valence-electron chi connectivity index (χ1n) is 10.3. The highest BCUT2D eigenvalue weighted by Gasteiger charge is 2.13. The number of hydrogen-bond donors (Lipinski definition) is 2. The fourth-order valence-corrected chi connectivity index (χ4v) is 4.27. The molecule has 1 aromatic carbocycles. The SMILES string of the molecule is CN(C)CCN=C(NC#N)Nc1ccc(-c2nn(C)c(=NC3CCCCC3)s2)cc1. The van der Waals surface area contributed by atoms with Gasteiger partial charge < -0.3 is 10.2 Å². The fraction of sp³-hybridized carbons (Fsp3) is 0.524. The Morgan fingerprint density at radius 3 is 2.67 bits per heavy atom. The molecule has 1 aliphatic rings. The maximum absolute atomic E-state index is 8.95. The van der Waals surface area contributed by atoms with Crippen LogP contribution in [0.1, 0.15) is 32.1 Å². The number of nitrogens with one attached hydrogen (secondary N) is 2. The zero-order valence-electron chi connectivity index (χ0n) is 17.9. The summed E-state index contributed by atoms with van der Waals surface area (Å²) >= 11 is 1.63. The van der Waals surface area contributed by atoms with E-state index in [0.29, 0.717) is 18.5 Å². The van der Waals surface area contributed by atoms with Crippen LogP contribution in [0.4, 0.5) is 5.69 Å². The molecule has 1 aliphatic carbocycles. The van der Waals surface area contributed by atoms with Gasteiger partial charge in [-0.05, 0) is 51.2 Å². The number of nitriles is 1. The summed E-state index contributed by atoms with van der Waals surface area (Å²) < 4.78 is 1.88. The third-order valence-electron chi connectivity index (χ3n) is 4.96. The Morgan fingerprint density at radius 2 is 2.00 bits per heavy atom. The van der Waals surface area contributed by atoms with Crippen molar-refractivity contribution in [3.8, 4) is 16.8 Å². The molecule has 30 heavy (non-hydrogen) atoms. The topological polar surface area (TPSA) is 93.6 Å². The van der Waals surface area contributed by atoms with Crippen LogP contribution in [-0.2, 0) is 7.05 Å². The minimum absolute atomic E-state index is 0.433. The maximum atomic E-state index is 8.95. The van der Waals surface area contributed by atoms with Crippen molar-refractivity contribution in [3.05, 3.63) is 29.1 Å². The van der Waals surface area contributed by atoms with Gasteiger partial charge in [-0.1, -0.05) is 30.6 Å². The molecule has 1 heterocycles. The summed E-state index contributed by atoms with van der Waals surface area (Å²) in [7, 11) is 5.94. The van der Waals surface area contributed by atoms with Crippen LogP contribution in [0, 0.1) is 11.5 Å². The van der Waals surface area contributed by atoms with Crippen LogP contribution in [-0.4, -0.2) is 53.9 Å². The summed E-state index contributed by atoms with van der Waals surface area (Å²) in [6.07, 6.45) is 8.18. The molecule has 0 atom stereocenters. The molecule has 0 aliphatic heterocycles. The molecule has 1 saturated carbocycles. The quantitative estimate of drug-likeness (QED) is 0.321. The Bertz CT molecular complexity index is 943. The molecule has 2 N–H and O–H groups in total. The van der Waals surface area contributed by atoms with Gasteiger partial charge in [0.25, 0.3) is 0 Å². The number of rotatable bonds is 6. The summed E-state index contributed by atoms with van der Waals surface area (Å²) in [4.78, 5) is 12.4. The van der Waals surface area contributed by atoms with Gasteiger partial charge in [0.1, 0.15) is 5.01 Å². The highest BCUT2D eigenvalue weighted by Crippen LogP contribution is 2.23. The predicted octanol–water partition coefficient (Wildman–Crippen LogP) is 2.78. The number of guanidine groups is 1. The predicted molar refractivity (Wildman–Crippen MR) is 122 cm³/mol. The monoisotopic (exact) mass is 426 g/mol. The van der Waals surface area contributed by atoms with E-state index < -0.39 is 0 Å². The first kappa shape index (κ1) is 22.0. The zero-order valence-corrected chi connectivity index (χ0v) is 18.7. The van der Waals surface area contributed by atoms with E-state index >= 15 is 0 Å². The molecule has 8 nitrogen and oxygen atoms in total. The Labute approximate surface area is 182 Å². The standard InChI is InChI=1S/C21H30N8S/c1-28(2)14-13-23-20(24-15-22)25-18-11-9-16(10-12-18)19-27-29(3)21(30-19)26-17-7-5-4-6-8-17/h9-12,17H,4-8,13-14H2,1-3H3,(H2,23,24,25). The van der Waals surface area contributed by atoms with Crippen molar-refractivity contribution in [1.82, 2.24) is 20.0 Å². The van der Waals surface area contributed by atoms with Gasteiger partial charge in [-0.3, -0.25) is 15.3 Å². The van der Waals surface area contributed by atoms with Crippen LogP contribution in [0.25, 0.3) is 10.6 Å². The minimum Gasteiger partial charge on any atom is -0.326 e. The number of aliphatic imine (C=N–C) groups is 1. The molecule has 0 radical (unpaired) electrons. The molecule has 160 valence electrons. The Kier molecular flexibility index (Phi) is 7.99. The van der Waals surface area contributed by atoms with Crippen molar-refractivity contribution >= 4 is 23.0 Å². The molecule has 0 bridgehead atoms. The molecular weight excluding hydrogens is 396 g/mol. The number of nitrogens with zero attached hydrogens (tertiary/aromatic N) is 6. The number of benzene rings is 1. The Hall–Kier alpha value is -2.70. The second-order valence-electron chi connectivity index (χ2n) is 7.71. The van der Waals surface area contributed by atoms with Gasteiger partial charge in [-0.15, -0.1) is 0 Å². The van der Waals surface area contributed by atoms with Gasteiger partial charge >= 0.3 is 0 Å². The average molecular weight is 427 g/mol. The average Bonchev–Trinajstić information content (AvgIpc) is 3.09. The highest BCUT2D eigenvalue weighted by molar-refractivity contribution is 7.12. The van der Waals surface area contributed by atoms with Gasteiger partial charge in [0.15, 0.2) is 6.19 Å². The van der Waals surface area contributed by atoms with E-state index in [1.54, 1.807) is 11.3 Å². The van der Waals surface area contributed by atoms with Crippen molar-refractivity contribution in [1.29, 1.82) is 5.26 Å². The van der Waals surface area contributed by atoms with Crippen molar-refractivity contribution in [3.63, 3.8) is 0 Å². The molecule has 0 amide bonds. The Balaban J connectivity index is 1.70. The molecule has 1 fully saturated rings. The molecule has 2 aromatic rings. The van der Waals surface area contributed by atoms with Crippen molar-refractivity contribution in [2.45, 2.75) is 38.1 Å². The van der Waals surface area contributed by atoms with Crippen molar-refractivity contribution in [2.75, 3.05) is 32.5 Å². The molecule has 3 rings (SSSR count). The van der Waals surface area contributed by atoms with Crippen LogP contribution in [0.15, 0.2) is 34.3 Å². The highest BCUT2D eigenvalue weighted by atomic mass is 32.1. The summed E-state index contributed by atoms with van der Waals surface area (Å²) in [5, 5.41) is 20.3. The lowest BCUT2D eigenvalue weighted by Crippen LogP contribution is -2.28. The van der Waals surface area contributed by atoms with E-state index in [-0.39, 0.29) is 0 Å². The maximum Gasteiger partial charge on any atom is 0.209 e. The molecule has 1 aromatic heterocycles. The molecule has 0 saturated heterocycles. The van der Waals surface area contributed by atoms with E-state index in [9.17, 15) is 0 Å². The first-order chi connectivity index (χ1) is 14.5. The van der Waals surface area contributed by atoms with Gasteiger partial charge in [0, 0.05) is 24.8 Å². The first-order valence-corrected chi connectivity index (χ1v) is 11.2. The second-order valence-corrected chi connectivity index (χ2v) is 8.66. The van der Waals surface area contributed by atoms with Crippen LogP contribution >= 0.6 is 11.3 Å². The summed E-state index contributed by atoms with van der Waals surface area (Å²) in [5.74, 6) is 0.446. The number of likely N-dealkylation sites (N-methyl/N-ethyl adjacent to an activating group) is 1. The van der Waals surface area contributed by atoms with Crippen molar-refractivity contribution in [2.24, 2.45) is 17.0 Å². The number of aromatic nitrogens is 2. The summed E-state index contributed by atoms with van der Waals surface area (Å²) in [5.41, 5.74) is 1.91. The van der Waals surface area contributed by atoms with E-state index in [2.05, 4.69) is 20.7 Å². The summed E-state index contributed by atoms with van der Waals surface area (Å²) in [6, 6.07) is 8.41. The van der Waals surface area contributed by atoms with Gasteiger partial charge in [0.05, 0.1) is 12.6 Å². The lowest BCUT2D eigenvalue weighted by atomic mass is 9.96. The van der Waals surface area contributed by atoms with Gasteiger partial charge in [-0.25, -0.2) is 4.68 Å². The lowest BCUT2D eigenvalue weighted by molar-refractivity contribution is 0.420. The Morgan fingerprint density at radius 1 is 1.27 bits per heavy atom. The van der Waals surface area contributed by atoms with Crippen molar-refractivity contribution < 1.29 is 0 Å². The third-order valence-corrected chi connectivity index (χ3v) is 6.02. The summed E-state index contributed by atoms with van der Waals surface area (Å²) in [6.45, 7) is 1.41. The molecule has 9 heteroatoms. The van der Waals surface area contributed by atoms with Gasteiger partial charge in [0.2, 0.25) is 10.8 Å². The number of anilines is 1. The van der Waals surface area contributed by atoms with Crippen LogP contribution in [0.2, 0.25) is 0 Å². The third kappa shape index (κ3) is 6.40. The second kappa shape index (κ2) is 10.9. The normalized spacial score (nSPS) is 16.0. The smallest absolute Gasteiger partial charge is 0.209 e. The largest absolute Gasteiger partial charge is 0.326 e. The molecule has 0 spiro atoms. The van der Waals surface area contributed by atoms with E-state index in [1.807, 2.05) is 61.2 Å². The van der Waals surface area contributed by atoms with Crippen LogP contribution in [0.5, 0.6) is 0 Å². The zero-order chi connectivity index (χ0) is 21.3. The molecular formula is C21H30N8S. The van der Waals surface area contributed by atoms with Crippen LogP contribution < -0.4 is 15.4 Å². The minimum atomic E-state index is 0.433. The van der Waals surface area contributed by atoms with Crippen LogP contribution in [0.3, 0.4) is 0 Å². The number of aryl methyl sites for hydroxylation is 1. The van der Waals surface area contributed by atoms with E-state index in [1.165, 1.54) is 32.1 Å². The van der Waals surface area contributed by atoms with Gasteiger partial charge in [-0.2, -0.15) is 10.4 Å². The number of hydrogen-bond acceptors (Lipinski definition) is 6. The van der Waals surface area contributed by atoms with E-state index in [0.717, 1.165) is 27.6 Å². The van der Waals surface area contributed by atoms with E-state index in [4.69, 9.17) is 10.3 Å². The fourth-order valence-electron chi connectivity index (χ4n) is 3.30. The molecule has 0 unspecified atom stereocenters. The lowest BCUT2D eigenvalue weighted by Gasteiger charge is -2.16.